The Morgan fingerprint density at radius 2 is 1.86 bits per heavy atom. The van der Waals surface area contributed by atoms with Crippen molar-refractivity contribution in [2.75, 3.05) is 0 Å². The summed E-state index contributed by atoms with van der Waals surface area (Å²) in [6, 6.07) is 0. The van der Waals surface area contributed by atoms with E-state index in [4.69, 9.17) is 4.74 Å². The van der Waals surface area contributed by atoms with Gasteiger partial charge in [-0.2, -0.15) is 0 Å². The Morgan fingerprint density at radius 1 is 1.10 bits per heavy atom. The molecule has 0 bridgehead atoms. The van der Waals surface area contributed by atoms with Crippen LogP contribution >= 0.6 is 0 Å². The molecule has 0 radical (unpaired) electrons. The number of ether oxygens (including phenoxy) is 1. The maximum atomic E-state index is 12.2. The maximum Gasteiger partial charge on any atom is 0.303 e. The highest BCUT2D eigenvalue weighted by Crippen LogP contribution is 2.68. The predicted molar refractivity (Wildman–Crippen MR) is 115 cm³/mol. The molecule has 3 nitrogen and oxygen atoms in total. The number of hydrogen-bond acceptors (Lipinski definition) is 3. The summed E-state index contributed by atoms with van der Waals surface area (Å²) >= 11 is 0. The van der Waals surface area contributed by atoms with E-state index in [2.05, 4.69) is 38.7 Å². The molecule has 0 N–H and O–H groups in total. The number of esters is 1. The Labute approximate surface area is 176 Å². The first-order valence-electron chi connectivity index (χ1n) is 11.7. The van der Waals surface area contributed by atoms with Crippen molar-refractivity contribution in [3.8, 4) is 0 Å². The molecule has 0 heterocycles. The summed E-state index contributed by atoms with van der Waals surface area (Å²) in [6.45, 7) is 12.3. The largest absolute Gasteiger partial charge is 0.458 e. The van der Waals surface area contributed by atoms with E-state index in [-0.39, 0.29) is 17.5 Å². The standard InChI is InChI=1S/C26H38O3/c1-6-19-7-8-22-21-14-18(13-16(2)27)24-15-20(29-17(3)28)9-11-26(24,5)23(21)10-12-25(19,22)4/h6,9,11,18-24H,1,7-8,10,12-15H2,2-5H3/t18-,19-,20-,21-,22-,23-,24+,25+,26+/m0/s1. The van der Waals surface area contributed by atoms with E-state index in [1.165, 1.54) is 32.6 Å². The zero-order valence-corrected chi connectivity index (χ0v) is 18.7. The van der Waals surface area contributed by atoms with Crippen LogP contribution in [0.4, 0.5) is 0 Å². The number of allylic oxidation sites excluding steroid dienone is 2. The highest BCUT2D eigenvalue weighted by molar-refractivity contribution is 5.75. The lowest BCUT2D eigenvalue weighted by atomic mass is 9.43. The molecule has 4 rings (SSSR count). The van der Waals surface area contributed by atoms with Gasteiger partial charge in [-0.3, -0.25) is 4.79 Å². The van der Waals surface area contributed by atoms with Crippen molar-refractivity contribution in [2.45, 2.75) is 78.7 Å². The normalized spacial score (nSPS) is 48.2. The highest BCUT2D eigenvalue weighted by Gasteiger charge is 2.61. The quantitative estimate of drug-likeness (QED) is 0.448. The number of carbonyl (C=O) groups excluding carboxylic acids is 2. The molecule has 3 fully saturated rings. The van der Waals surface area contributed by atoms with Crippen LogP contribution in [-0.2, 0) is 14.3 Å². The Bertz CT molecular complexity index is 723. The van der Waals surface area contributed by atoms with Crippen LogP contribution in [0.25, 0.3) is 0 Å². The van der Waals surface area contributed by atoms with Gasteiger partial charge in [-0.1, -0.05) is 26.0 Å². The van der Waals surface area contributed by atoms with Crippen LogP contribution < -0.4 is 0 Å². The molecule has 3 heteroatoms. The van der Waals surface area contributed by atoms with Crippen LogP contribution in [0.1, 0.15) is 72.6 Å². The number of hydrogen-bond donors (Lipinski definition) is 0. The van der Waals surface area contributed by atoms with Crippen molar-refractivity contribution < 1.29 is 14.3 Å². The molecular weight excluding hydrogens is 360 g/mol. The van der Waals surface area contributed by atoms with Gasteiger partial charge in [0.05, 0.1) is 0 Å². The van der Waals surface area contributed by atoms with Gasteiger partial charge < -0.3 is 9.53 Å². The molecule has 160 valence electrons. The topological polar surface area (TPSA) is 43.4 Å². The lowest BCUT2D eigenvalue weighted by Gasteiger charge is -2.61. The van der Waals surface area contributed by atoms with Gasteiger partial charge >= 0.3 is 5.97 Å². The Hall–Kier alpha value is -1.38. The fourth-order valence-corrected chi connectivity index (χ4v) is 8.35. The van der Waals surface area contributed by atoms with E-state index >= 15 is 0 Å². The van der Waals surface area contributed by atoms with Gasteiger partial charge in [0.15, 0.2) is 0 Å². The monoisotopic (exact) mass is 398 g/mol. The molecule has 3 saturated carbocycles. The Balaban J connectivity index is 1.68. The Kier molecular flexibility index (Phi) is 5.32. The van der Waals surface area contributed by atoms with Crippen LogP contribution in [0, 0.1) is 46.3 Å². The van der Waals surface area contributed by atoms with E-state index in [9.17, 15) is 9.59 Å². The number of ketones is 1. The van der Waals surface area contributed by atoms with Gasteiger partial charge in [0.1, 0.15) is 11.9 Å². The summed E-state index contributed by atoms with van der Waals surface area (Å²) in [5, 5.41) is 0. The lowest BCUT2D eigenvalue weighted by molar-refractivity contribution is -0.150. The van der Waals surface area contributed by atoms with E-state index in [0.29, 0.717) is 47.2 Å². The molecule has 0 unspecified atom stereocenters. The van der Waals surface area contributed by atoms with Gasteiger partial charge in [0.2, 0.25) is 0 Å². The second-order valence-electron chi connectivity index (χ2n) is 11.0. The molecule has 0 aliphatic heterocycles. The second kappa shape index (κ2) is 7.39. The molecule has 4 aliphatic rings. The summed E-state index contributed by atoms with van der Waals surface area (Å²) in [5.41, 5.74) is 0.485. The molecule has 4 aliphatic carbocycles. The number of fused-ring (bicyclic) bond motifs is 5. The van der Waals surface area contributed by atoms with Crippen LogP contribution in [0.3, 0.4) is 0 Å². The van der Waals surface area contributed by atoms with Gasteiger partial charge in [-0.25, -0.2) is 0 Å². The average Bonchev–Trinajstić information content (AvgIpc) is 2.98. The van der Waals surface area contributed by atoms with Gasteiger partial charge in [-0.05, 0) is 97.9 Å². The van der Waals surface area contributed by atoms with Crippen molar-refractivity contribution in [3.63, 3.8) is 0 Å². The maximum absolute atomic E-state index is 12.2. The fourth-order valence-electron chi connectivity index (χ4n) is 8.35. The van der Waals surface area contributed by atoms with Crippen LogP contribution in [0.15, 0.2) is 24.8 Å². The van der Waals surface area contributed by atoms with E-state index < -0.39 is 0 Å². The van der Waals surface area contributed by atoms with Crippen molar-refractivity contribution in [2.24, 2.45) is 46.3 Å². The molecule has 0 aromatic rings. The summed E-state index contributed by atoms with van der Waals surface area (Å²) in [5.74, 6) is 3.65. The number of carbonyl (C=O) groups is 2. The number of rotatable bonds is 4. The summed E-state index contributed by atoms with van der Waals surface area (Å²) in [6.07, 6.45) is 14.4. The zero-order chi connectivity index (χ0) is 21.0. The van der Waals surface area contributed by atoms with Crippen molar-refractivity contribution in [3.05, 3.63) is 24.8 Å². The smallest absolute Gasteiger partial charge is 0.303 e. The second-order valence-corrected chi connectivity index (χ2v) is 11.0. The highest BCUT2D eigenvalue weighted by atomic mass is 16.5. The minimum absolute atomic E-state index is 0.104. The van der Waals surface area contributed by atoms with E-state index in [1.54, 1.807) is 6.92 Å². The molecular formula is C26H38O3. The lowest BCUT2D eigenvalue weighted by Crippen LogP contribution is -2.55. The molecule has 9 atom stereocenters. The number of Topliss-reactive ketones (excluding diaryl/α,β-unsaturated/α-hetero) is 1. The minimum atomic E-state index is -0.213. The third kappa shape index (κ3) is 3.33. The first-order valence-corrected chi connectivity index (χ1v) is 11.7. The third-order valence-corrected chi connectivity index (χ3v) is 9.56. The molecule has 29 heavy (non-hydrogen) atoms. The molecule has 0 spiro atoms. The average molecular weight is 399 g/mol. The van der Waals surface area contributed by atoms with Gasteiger partial charge in [0.25, 0.3) is 0 Å². The molecule has 0 amide bonds. The van der Waals surface area contributed by atoms with Crippen LogP contribution in [-0.4, -0.2) is 17.9 Å². The first-order chi connectivity index (χ1) is 13.7. The summed E-state index contributed by atoms with van der Waals surface area (Å²) in [7, 11) is 0. The van der Waals surface area contributed by atoms with E-state index in [1.807, 2.05) is 0 Å². The van der Waals surface area contributed by atoms with E-state index in [0.717, 1.165) is 18.8 Å². The zero-order valence-electron chi connectivity index (χ0n) is 18.7. The predicted octanol–water partition coefficient (Wildman–Crippen LogP) is 5.74. The third-order valence-electron chi connectivity index (χ3n) is 9.56. The molecule has 0 saturated heterocycles. The summed E-state index contributed by atoms with van der Waals surface area (Å²) in [4.78, 5) is 23.7. The molecule has 0 aromatic heterocycles. The Morgan fingerprint density at radius 3 is 2.52 bits per heavy atom. The van der Waals surface area contributed by atoms with Crippen molar-refractivity contribution >= 4 is 11.8 Å². The first kappa shape index (κ1) is 20.9. The van der Waals surface area contributed by atoms with Crippen molar-refractivity contribution in [1.29, 1.82) is 0 Å². The van der Waals surface area contributed by atoms with Crippen LogP contribution in [0.2, 0.25) is 0 Å². The summed E-state index contributed by atoms with van der Waals surface area (Å²) < 4.78 is 5.57. The van der Waals surface area contributed by atoms with Gasteiger partial charge in [0, 0.05) is 13.3 Å². The SMILES string of the molecule is C=C[C@H]1CC[C@H]2[C@@H]3C[C@H](CC(C)=O)[C@H]4C[C@@H](OC(C)=O)C=C[C@]4(C)[C@H]3CC[C@]12C. The molecule has 0 aromatic carbocycles. The van der Waals surface area contributed by atoms with Gasteiger partial charge in [-0.15, -0.1) is 6.58 Å². The van der Waals surface area contributed by atoms with Crippen LogP contribution in [0.5, 0.6) is 0 Å². The fraction of sp³-hybridized carbons (Fsp3) is 0.769. The van der Waals surface area contributed by atoms with Crippen molar-refractivity contribution in [1.82, 2.24) is 0 Å². The minimum Gasteiger partial charge on any atom is -0.458 e.